The number of amides is 1. The first-order valence-electron chi connectivity index (χ1n) is 35.2. The van der Waals surface area contributed by atoms with E-state index < -0.39 is 20.0 Å². The molecule has 0 aliphatic carbocycles. The van der Waals surface area contributed by atoms with E-state index in [-0.39, 0.29) is 19.1 Å². The fourth-order valence-corrected chi connectivity index (χ4v) is 10.3. The molecule has 3 unspecified atom stereocenters. The van der Waals surface area contributed by atoms with Crippen LogP contribution in [-0.4, -0.2) is 73.4 Å². The lowest BCUT2D eigenvalue weighted by Crippen LogP contribution is -2.45. The zero-order valence-corrected chi connectivity index (χ0v) is 57.1. The van der Waals surface area contributed by atoms with E-state index in [4.69, 9.17) is 9.05 Å². The van der Waals surface area contributed by atoms with Crippen LogP contribution in [0, 0.1) is 0 Å². The number of unbranched alkanes of at least 4 members (excludes halogenated alkanes) is 28. The van der Waals surface area contributed by atoms with Gasteiger partial charge in [-0.1, -0.05) is 307 Å². The molecule has 0 aliphatic rings. The molecule has 8 nitrogen and oxygen atoms in total. The lowest BCUT2D eigenvalue weighted by molar-refractivity contribution is -0.870. The smallest absolute Gasteiger partial charge is 0.387 e. The van der Waals surface area contributed by atoms with Crippen LogP contribution in [0.25, 0.3) is 0 Å². The van der Waals surface area contributed by atoms with Gasteiger partial charge in [0.15, 0.2) is 0 Å². The Morgan fingerprint density at radius 3 is 1.07 bits per heavy atom. The quantitative estimate of drug-likeness (QED) is 0.0243. The van der Waals surface area contributed by atoms with E-state index in [1.165, 1.54) is 154 Å². The molecule has 0 fully saturated rings. The summed E-state index contributed by atoms with van der Waals surface area (Å²) in [6, 6.07) is -0.883. The third kappa shape index (κ3) is 67.9. The third-order valence-corrected chi connectivity index (χ3v) is 16.0. The van der Waals surface area contributed by atoms with Crippen molar-refractivity contribution in [3.8, 4) is 0 Å². The van der Waals surface area contributed by atoms with Crippen molar-refractivity contribution in [2.24, 2.45) is 0 Å². The van der Waals surface area contributed by atoms with Crippen LogP contribution in [0.15, 0.2) is 146 Å². The maximum atomic E-state index is 13.0. The first-order chi connectivity index (χ1) is 42.0. The fraction of sp³-hybridized carbons (Fsp3) is 0.675. The highest BCUT2D eigenvalue weighted by molar-refractivity contribution is 7.47. The van der Waals surface area contributed by atoms with E-state index >= 15 is 0 Å². The van der Waals surface area contributed by atoms with Crippen molar-refractivity contribution in [1.29, 1.82) is 0 Å². The van der Waals surface area contributed by atoms with E-state index in [0.717, 1.165) is 109 Å². The molecule has 0 aromatic carbocycles. The molecule has 1 amide bonds. The highest BCUT2D eigenvalue weighted by Gasteiger charge is 2.28. The molecule has 3 atom stereocenters. The number of nitrogens with zero attached hydrogens (tertiary/aromatic N) is 1. The van der Waals surface area contributed by atoms with Gasteiger partial charge in [-0.3, -0.25) is 13.8 Å². The van der Waals surface area contributed by atoms with Gasteiger partial charge in [-0.15, -0.1) is 0 Å². The Morgan fingerprint density at radius 1 is 0.407 bits per heavy atom. The number of aliphatic hydroxyl groups excluding tert-OH is 1. The molecule has 0 aliphatic heterocycles. The van der Waals surface area contributed by atoms with Crippen LogP contribution in [0.5, 0.6) is 0 Å². The summed E-state index contributed by atoms with van der Waals surface area (Å²) in [5.74, 6) is -0.198. The van der Waals surface area contributed by atoms with Crippen molar-refractivity contribution >= 4 is 13.7 Å². The Hall–Kier alpha value is -3.62. The fourth-order valence-electron chi connectivity index (χ4n) is 9.60. The van der Waals surface area contributed by atoms with E-state index in [0.29, 0.717) is 17.4 Å². The van der Waals surface area contributed by atoms with Crippen LogP contribution in [-0.2, 0) is 18.4 Å². The minimum Gasteiger partial charge on any atom is -0.387 e. The number of rotatable bonds is 63. The van der Waals surface area contributed by atoms with Crippen molar-refractivity contribution in [2.75, 3.05) is 40.9 Å². The van der Waals surface area contributed by atoms with E-state index in [2.05, 4.69) is 153 Å². The second-order valence-electron chi connectivity index (χ2n) is 24.5. The molecule has 0 heterocycles. The van der Waals surface area contributed by atoms with Gasteiger partial charge in [0.25, 0.3) is 0 Å². The van der Waals surface area contributed by atoms with Gasteiger partial charge in [0.05, 0.1) is 39.9 Å². The van der Waals surface area contributed by atoms with Crippen LogP contribution in [0.4, 0.5) is 0 Å². The molecule has 0 spiro atoms. The van der Waals surface area contributed by atoms with Crippen LogP contribution in [0.3, 0.4) is 0 Å². The third-order valence-electron chi connectivity index (χ3n) is 15.0. The number of hydrogen-bond acceptors (Lipinski definition) is 5. The molecule has 0 aromatic heterocycles. The van der Waals surface area contributed by atoms with Gasteiger partial charge in [0, 0.05) is 6.42 Å². The minimum absolute atomic E-state index is 0.0466. The largest absolute Gasteiger partial charge is 0.472 e. The Kier molecular flexibility index (Phi) is 63.0. The summed E-state index contributed by atoms with van der Waals surface area (Å²) >= 11 is 0. The zero-order chi connectivity index (χ0) is 62.6. The van der Waals surface area contributed by atoms with Gasteiger partial charge in [0.2, 0.25) is 5.91 Å². The number of likely N-dealkylation sites (N-methyl/N-ethyl adjacent to an activating group) is 1. The van der Waals surface area contributed by atoms with Crippen molar-refractivity contribution in [1.82, 2.24) is 5.32 Å². The summed E-state index contributed by atoms with van der Waals surface area (Å²) in [6.07, 6.45) is 101. The summed E-state index contributed by atoms with van der Waals surface area (Å²) in [5, 5.41) is 14.0. The molecule has 0 aromatic rings. The minimum atomic E-state index is -4.38. The van der Waals surface area contributed by atoms with Crippen molar-refractivity contribution in [3.05, 3.63) is 146 Å². The molecule has 0 radical (unpaired) electrons. The first-order valence-corrected chi connectivity index (χ1v) is 36.7. The Balaban J connectivity index is 4.17. The molecular weight excluding hydrogens is 1080 g/mol. The average Bonchev–Trinajstić information content (AvgIpc) is 3.70. The van der Waals surface area contributed by atoms with Crippen LogP contribution >= 0.6 is 7.82 Å². The number of phosphoric ester groups is 1. The standard InChI is InChI=1S/C77H133N2O6P/c1-6-8-10-12-14-16-18-20-22-24-26-28-30-32-33-34-35-36-37-38-39-40-41-42-43-44-45-47-49-51-53-55-57-59-61-63-65-67-69-71-77(81)78-75(74-85-86(82,83)84-73-72-79(3,4)5)76(80)70-68-66-64-62-60-58-56-54-52-50-48-46-31-29-27-25-23-21-19-17-15-13-11-9-7-2/h8,10,14,16,20,22,26,28,32-33,35-36,38-39,41-42,44-45,52,54,60,62,68,70,75-76,80H,6-7,9,11-13,15,17-19,21,23-25,27,29-31,34,37,40,43,46-51,53,55-59,61,63-67,69,71-74H2,1-5H3,(H-,78,81,82,83)/p+1/b10-8-,16-14-,22-20-,28-26-,33-32-,36-35-,39-38-,42-41-,45-44-,54-52+,62-60+,70-68+. The highest BCUT2D eigenvalue weighted by atomic mass is 31.2. The maximum absolute atomic E-state index is 13.0. The Bertz CT molecular complexity index is 1910. The van der Waals surface area contributed by atoms with E-state index in [1.807, 2.05) is 27.2 Å². The summed E-state index contributed by atoms with van der Waals surface area (Å²) < 4.78 is 23.8. The second kappa shape index (κ2) is 65.8. The SMILES string of the molecule is CC/C=C\C/C=C\C/C=C\C/C=C\C/C=C\C/C=C\C/C=C\C/C=C\C/C=C\CCCCCCCCCCCCCC(=O)NC(COP(=O)(O)OCC[N+](C)(C)C)C(O)/C=C/CC/C=C/CC/C=C/CCCCCCCCCCCCCCCCC. The molecule has 3 N–H and O–H groups in total. The number of carbonyl (C=O) groups excluding carboxylic acids is 1. The Morgan fingerprint density at radius 2 is 0.709 bits per heavy atom. The topological polar surface area (TPSA) is 105 Å². The second-order valence-corrected chi connectivity index (χ2v) is 26.0. The van der Waals surface area contributed by atoms with E-state index in [1.54, 1.807) is 6.08 Å². The highest BCUT2D eigenvalue weighted by Crippen LogP contribution is 2.43. The molecule has 0 saturated carbocycles. The van der Waals surface area contributed by atoms with Crippen molar-refractivity contribution in [3.63, 3.8) is 0 Å². The first kappa shape index (κ1) is 82.4. The number of carbonyl (C=O) groups is 1. The number of aliphatic hydroxyl groups is 1. The average molecular weight is 1210 g/mol. The monoisotopic (exact) mass is 1210 g/mol. The maximum Gasteiger partial charge on any atom is 0.472 e. The van der Waals surface area contributed by atoms with Gasteiger partial charge in [0.1, 0.15) is 13.2 Å². The molecular formula is C77H134N2O6P+. The summed E-state index contributed by atoms with van der Waals surface area (Å²) in [7, 11) is 1.53. The molecule has 0 rings (SSSR count). The number of quaternary nitrogens is 1. The van der Waals surface area contributed by atoms with Gasteiger partial charge >= 0.3 is 7.82 Å². The predicted octanol–water partition coefficient (Wildman–Crippen LogP) is 22.8. The van der Waals surface area contributed by atoms with Gasteiger partial charge in [-0.05, 0) is 116 Å². The summed E-state index contributed by atoms with van der Waals surface area (Å²) in [4.78, 5) is 23.4. The molecule has 0 saturated heterocycles. The molecule has 0 bridgehead atoms. The lowest BCUT2D eigenvalue weighted by Gasteiger charge is -2.25. The van der Waals surface area contributed by atoms with Crippen LogP contribution in [0.2, 0.25) is 0 Å². The van der Waals surface area contributed by atoms with Crippen LogP contribution in [0.1, 0.15) is 284 Å². The predicted molar refractivity (Wildman–Crippen MR) is 378 cm³/mol. The van der Waals surface area contributed by atoms with Gasteiger partial charge < -0.3 is 19.8 Å². The number of phosphoric acid groups is 1. The van der Waals surface area contributed by atoms with Gasteiger partial charge in [-0.2, -0.15) is 0 Å². The molecule has 9 heteroatoms. The number of hydrogen-bond donors (Lipinski definition) is 3. The number of allylic oxidation sites excluding steroid dienone is 23. The summed E-state index contributed by atoms with van der Waals surface area (Å²) in [6.45, 7) is 4.68. The Labute approximate surface area is 531 Å². The van der Waals surface area contributed by atoms with Crippen molar-refractivity contribution in [2.45, 2.75) is 296 Å². The normalized spacial score (nSPS) is 14.5. The van der Waals surface area contributed by atoms with Crippen LogP contribution < -0.4 is 5.32 Å². The lowest BCUT2D eigenvalue weighted by atomic mass is 10.0. The van der Waals surface area contributed by atoms with Gasteiger partial charge in [-0.25, -0.2) is 4.57 Å². The molecule has 86 heavy (non-hydrogen) atoms. The molecule has 492 valence electrons. The number of nitrogens with one attached hydrogen (secondary N) is 1. The zero-order valence-electron chi connectivity index (χ0n) is 56.3. The van der Waals surface area contributed by atoms with Crippen molar-refractivity contribution < 1.29 is 32.9 Å². The van der Waals surface area contributed by atoms with E-state index in [9.17, 15) is 19.4 Å². The summed E-state index contributed by atoms with van der Waals surface area (Å²) in [5.41, 5.74) is 0.